The Balaban J connectivity index is -0.0000000450. The molecule has 0 aliphatic carbocycles. The van der Waals surface area contributed by atoms with Crippen LogP contribution in [-0.4, -0.2) is 0 Å². The molecule has 0 spiro atoms. The van der Waals surface area contributed by atoms with Crippen LogP contribution in [-0.2, 0) is 42.1 Å². The van der Waals surface area contributed by atoms with Crippen LogP contribution in [0.25, 0.3) is 0 Å². The maximum atomic E-state index is 3.36. The van der Waals surface area contributed by atoms with E-state index in [-0.39, 0.29) is 42.1 Å². The van der Waals surface area contributed by atoms with Crippen LogP contribution in [0.2, 0.25) is 0 Å². The van der Waals surface area contributed by atoms with Gasteiger partial charge in [0.05, 0.1) is 0 Å². The summed E-state index contributed by atoms with van der Waals surface area (Å²) in [6.07, 6.45) is 3.28. The van der Waals surface area contributed by atoms with Gasteiger partial charge in [-0.1, -0.05) is 25.3 Å². The van der Waals surface area contributed by atoms with E-state index in [1.165, 1.54) is 0 Å². The van der Waals surface area contributed by atoms with Gasteiger partial charge >= 0.3 is 0 Å². The Bertz CT molecular complexity index is 26.5. The number of hydrogen-bond acceptors (Lipinski definition) is 0. The second-order valence-electron chi connectivity index (χ2n) is 0.471. The molecule has 0 saturated heterocycles. The third kappa shape index (κ3) is 21.0. The Morgan fingerprint density at radius 2 is 1.00 bits per heavy atom. The summed E-state index contributed by atoms with van der Waals surface area (Å²) >= 11 is 0. The first-order valence-electron chi connectivity index (χ1n) is 1.15. The van der Waals surface area contributed by atoms with Crippen LogP contribution in [0, 0.1) is 0 Å². The normalized spacial score (nSPS) is 3.33. The van der Waals surface area contributed by atoms with Gasteiger partial charge in [-0.05, 0) is 0 Å². The predicted octanol–water partition coefficient (Wildman–Crippen LogP) is 1.35. The third-order valence-corrected chi connectivity index (χ3v) is 0.167. The molecule has 0 aliphatic heterocycles. The molecule has 0 aromatic carbocycles. The monoisotopic (exact) mass is 444 g/mol. The first-order valence-corrected chi connectivity index (χ1v) is 1.15. The zero-order valence-electron chi connectivity index (χ0n) is 3.20. The second-order valence-corrected chi connectivity index (χ2v) is 0.471. The Morgan fingerprint density at radius 3 is 1.00 bits per heavy atom. The molecule has 0 bridgehead atoms. The molecule has 0 radical (unpaired) electrons. The number of hydrogen-bond donors (Lipinski definition) is 0. The molecule has 0 aromatic rings. The van der Waals surface area contributed by atoms with Gasteiger partial charge in [-0.15, -0.1) is 0 Å². The molecule has 0 nitrogen and oxygen atoms in total. The van der Waals surface area contributed by atoms with Gasteiger partial charge in [0.2, 0.25) is 0 Å². The average Bonchev–Trinajstić information content (AvgIpc) is 1.37. The maximum absolute atomic E-state index is 3.36. The van der Waals surface area contributed by atoms with E-state index >= 15 is 0 Å². The van der Waals surface area contributed by atoms with Crippen LogP contribution >= 0.6 is 0 Å². The van der Waals surface area contributed by atoms with E-state index in [9.17, 15) is 0 Å². The maximum Gasteiger partial charge on any atom is 0 e. The minimum atomic E-state index is 0. The molecule has 0 rings (SSSR count). The van der Waals surface area contributed by atoms with Crippen molar-refractivity contribution >= 4 is 0 Å². The van der Waals surface area contributed by atoms with Crippen LogP contribution in [0.1, 0.15) is 0 Å². The standard InChI is InChI=1S/C4H6.2Pt/c1-3-4-2;;/h3-4H,1-2H2;;. The molecule has 0 fully saturated rings. The van der Waals surface area contributed by atoms with Crippen molar-refractivity contribution < 1.29 is 42.1 Å². The van der Waals surface area contributed by atoms with Gasteiger partial charge in [0, 0.05) is 42.1 Å². The molecule has 2 heteroatoms. The van der Waals surface area contributed by atoms with Crippen molar-refractivity contribution in [2.75, 3.05) is 0 Å². The van der Waals surface area contributed by atoms with E-state index in [0.29, 0.717) is 0 Å². The Kier molecular flexibility index (Phi) is 44.6. The summed E-state index contributed by atoms with van der Waals surface area (Å²) in [5.74, 6) is 0. The van der Waals surface area contributed by atoms with Gasteiger partial charge in [0.1, 0.15) is 0 Å². The predicted molar refractivity (Wildman–Crippen MR) is 20.4 cm³/mol. The number of rotatable bonds is 1. The van der Waals surface area contributed by atoms with E-state index in [1.54, 1.807) is 12.2 Å². The third-order valence-electron chi connectivity index (χ3n) is 0.167. The van der Waals surface area contributed by atoms with Crippen LogP contribution in [0.3, 0.4) is 0 Å². The molecular weight excluding hydrogens is 438 g/mol. The summed E-state index contributed by atoms with van der Waals surface area (Å²) in [6, 6.07) is 0. The fourth-order valence-corrected chi connectivity index (χ4v) is 0. The molecule has 0 aliphatic rings. The molecule has 42 valence electrons. The molecular formula is C4H6Pt2. The molecule has 0 atom stereocenters. The fourth-order valence-electron chi connectivity index (χ4n) is 0. The number of allylic oxidation sites excluding steroid dienone is 2. The van der Waals surface area contributed by atoms with Gasteiger partial charge in [0.25, 0.3) is 0 Å². The van der Waals surface area contributed by atoms with E-state index in [0.717, 1.165) is 0 Å². The quantitative estimate of drug-likeness (QED) is 0.536. The zero-order chi connectivity index (χ0) is 3.41. The topological polar surface area (TPSA) is 0 Å². The van der Waals surface area contributed by atoms with Gasteiger partial charge in [-0.3, -0.25) is 0 Å². The summed E-state index contributed by atoms with van der Waals surface area (Å²) < 4.78 is 0. The zero-order valence-corrected chi connectivity index (χ0v) is 7.75. The summed E-state index contributed by atoms with van der Waals surface area (Å²) in [4.78, 5) is 0. The van der Waals surface area contributed by atoms with Gasteiger partial charge in [-0.25, -0.2) is 0 Å². The van der Waals surface area contributed by atoms with Crippen molar-refractivity contribution in [1.82, 2.24) is 0 Å². The Labute approximate surface area is 67.2 Å². The summed E-state index contributed by atoms with van der Waals surface area (Å²) in [5.41, 5.74) is 0. The minimum Gasteiger partial charge on any atom is -0.0991 e. The van der Waals surface area contributed by atoms with Gasteiger partial charge in [0.15, 0.2) is 0 Å². The van der Waals surface area contributed by atoms with Crippen LogP contribution < -0.4 is 0 Å². The van der Waals surface area contributed by atoms with Crippen molar-refractivity contribution in [2.45, 2.75) is 0 Å². The van der Waals surface area contributed by atoms with E-state index in [4.69, 9.17) is 0 Å². The van der Waals surface area contributed by atoms with E-state index < -0.39 is 0 Å². The minimum absolute atomic E-state index is 0. The Morgan fingerprint density at radius 1 is 0.833 bits per heavy atom. The fraction of sp³-hybridized carbons (Fsp3) is 0. The summed E-state index contributed by atoms with van der Waals surface area (Å²) in [6.45, 7) is 6.72. The van der Waals surface area contributed by atoms with Gasteiger partial charge in [-0.2, -0.15) is 0 Å². The summed E-state index contributed by atoms with van der Waals surface area (Å²) in [5, 5.41) is 0. The van der Waals surface area contributed by atoms with Crippen molar-refractivity contribution in [3.05, 3.63) is 25.3 Å². The molecule has 0 N–H and O–H groups in total. The molecule has 0 saturated carbocycles. The largest absolute Gasteiger partial charge is 0.0991 e. The van der Waals surface area contributed by atoms with Crippen molar-refractivity contribution in [2.24, 2.45) is 0 Å². The van der Waals surface area contributed by atoms with E-state index in [1.807, 2.05) is 0 Å². The van der Waals surface area contributed by atoms with Gasteiger partial charge < -0.3 is 0 Å². The summed E-state index contributed by atoms with van der Waals surface area (Å²) in [7, 11) is 0. The van der Waals surface area contributed by atoms with Crippen molar-refractivity contribution in [1.29, 1.82) is 0 Å². The van der Waals surface area contributed by atoms with Crippen molar-refractivity contribution in [3.8, 4) is 0 Å². The second kappa shape index (κ2) is 16.9. The van der Waals surface area contributed by atoms with Crippen LogP contribution in [0.15, 0.2) is 25.3 Å². The Hall–Kier alpha value is 0.857. The first kappa shape index (κ1) is 15.8. The smallest absolute Gasteiger partial charge is 0 e. The molecule has 0 aromatic heterocycles. The molecule has 0 amide bonds. The van der Waals surface area contributed by atoms with E-state index in [2.05, 4.69) is 13.2 Å². The first-order chi connectivity index (χ1) is 1.91. The SMILES string of the molecule is C=CC=C.[Pt].[Pt]. The molecule has 6 heavy (non-hydrogen) atoms. The van der Waals surface area contributed by atoms with Crippen molar-refractivity contribution in [3.63, 3.8) is 0 Å². The van der Waals surface area contributed by atoms with Crippen LogP contribution in [0.5, 0.6) is 0 Å². The molecule has 0 heterocycles. The average molecular weight is 444 g/mol. The molecule has 0 unspecified atom stereocenters. The van der Waals surface area contributed by atoms with Crippen LogP contribution in [0.4, 0.5) is 0 Å².